The van der Waals surface area contributed by atoms with Crippen LogP contribution in [0.15, 0.2) is 18.2 Å². The third kappa shape index (κ3) is 3.69. The first-order valence-electron chi connectivity index (χ1n) is 6.65. The number of para-hydroxylation sites is 1. The Hall–Kier alpha value is -2.11. The van der Waals surface area contributed by atoms with Gasteiger partial charge in [0.1, 0.15) is 0 Å². The zero-order valence-electron chi connectivity index (χ0n) is 11.7. The Morgan fingerprint density at radius 3 is 2.60 bits per heavy atom. The first-order valence-corrected chi connectivity index (χ1v) is 6.65. The highest BCUT2D eigenvalue weighted by Crippen LogP contribution is 2.37. The molecule has 0 radical (unpaired) electrons. The summed E-state index contributed by atoms with van der Waals surface area (Å²) < 4.78 is 5.36. The van der Waals surface area contributed by atoms with Crippen LogP contribution in [0.2, 0.25) is 0 Å². The van der Waals surface area contributed by atoms with E-state index >= 15 is 0 Å². The minimum absolute atomic E-state index is 0.136. The number of carbonyl (C=O) groups is 1. The highest BCUT2D eigenvalue weighted by atomic mass is 16.6. The fraction of sp³-hybridized carbons (Fsp3) is 0.500. The van der Waals surface area contributed by atoms with Crippen LogP contribution in [0, 0.1) is 10.1 Å². The molecule has 0 fully saturated rings. The van der Waals surface area contributed by atoms with Gasteiger partial charge in [0.15, 0.2) is 5.75 Å². The molecular weight excluding hydrogens is 262 g/mol. The normalized spacial score (nSPS) is 11.9. The topological polar surface area (TPSA) is 89.7 Å². The molecule has 1 unspecified atom stereocenters. The summed E-state index contributed by atoms with van der Waals surface area (Å²) >= 11 is 0. The summed E-state index contributed by atoms with van der Waals surface area (Å²) in [5, 5.41) is 20.5. The lowest BCUT2D eigenvalue weighted by Crippen LogP contribution is -2.14. The number of hydrogen-bond donors (Lipinski definition) is 1. The summed E-state index contributed by atoms with van der Waals surface area (Å²) in [4.78, 5) is 22.0. The quantitative estimate of drug-likeness (QED) is 0.583. The van der Waals surface area contributed by atoms with Crippen molar-refractivity contribution in [3.63, 3.8) is 0 Å². The third-order valence-corrected chi connectivity index (χ3v) is 2.93. The molecule has 0 saturated heterocycles. The van der Waals surface area contributed by atoms with Gasteiger partial charge < -0.3 is 9.84 Å². The van der Waals surface area contributed by atoms with Gasteiger partial charge in [-0.15, -0.1) is 0 Å². The molecule has 0 spiro atoms. The van der Waals surface area contributed by atoms with E-state index in [2.05, 4.69) is 0 Å². The molecule has 1 aromatic rings. The molecular formula is C14H19NO5. The summed E-state index contributed by atoms with van der Waals surface area (Å²) in [7, 11) is 0. The average molecular weight is 281 g/mol. The van der Waals surface area contributed by atoms with E-state index in [0.29, 0.717) is 19.4 Å². The Morgan fingerprint density at radius 2 is 2.10 bits per heavy atom. The van der Waals surface area contributed by atoms with Gasteiger partial charge in [0.2, 0.25) is 0 Å². The van der Waals surface area contributed by atoms with Gasteiger partial charge in [0.25, 0.3) is 0 Å². The maximum atomic E-state index is 11.3. The van der Waals surface area contributed by atoms with Gasteiger partial charge in [-0.1, -0.05) is 32.4 Å². The number of ether oxygens (including phenoxy) is 1. The van der Waals surface area contributed by atoms with Crippen LogP contribution >= 0.6 is 0 Å². The van der Waals surface area contributed by atoms with Crippen LogP contribution in [0.3, 0.4) is 0 Å². The van der Waals surface area contributed by atoms with Crippen LogP contribution in [0.5, 0.6) is 5.75 Å². The molecule has 0 bridgehead atoms. The summed E-state index contributed by atoms with van der Waals surface area (Å²) in [6.07, 6.45) is 1.71. The average Bonchev–Trinajstić information content (AvgIpc) is 2.41. The molecule has 6 heteroatoms. The molecule has 1 N–H and O–H groups in total. The summed E-state index contributed by atoms with van der Waals surface area (Å²) in [6, 6.07) is 4.59. The van der Waals surface area contributed by atoms with Crippen LogP contribution in [-0.2, 0) is 4.79 Å². The van der Waals surface area contributed by atoms with Gasteiger partial charge in [-0.05, 0) is 18.9 Å². The summed E-state index contributed by atoms with van der Waals surface area (Å²) in [6.45, 7) is 4.10. The van der Waals surface area contributed by atoms with Crippen molar-refractivity contribution in [2.75, 3.05) is 6.61 Å². The standard InChI is InChI=1S/C14H19NO5/c1-3-6-11(14(16)17)10-7-5-8-12(20-9-4-2)13(10)15(18)19/h5,7-8,11H,3-4,6,9H2,1-2H3,(H,16,17). The molecule has 110 valence electrons. The lowest BCUT2D eigenvalue weighted by Gasteiger charge is -2.14. The lowest BCUT2D eigenvalue weighted by atomic mass is 9.93. The molecule has 1 atom stereocenters. The van der Waals surface area contributed by atoms with Crippen LogP contribution in [0.25, 0.3) is 0 Å². The number of nitro benzene ring substituents is 1. The molecule has 6 nitrogen and oxygen atoms in total. The first kappa shape index (κ1) is 15.9. The molecule has 1 rings (SSSR count). The minimum Gasteiger partial charge on any atom is -0.487 e. The number of carboxylic acids is 1. The van der Waals surface area contributed by atoms with Crippen molar-refractivity contribution in [2.24, 2.45) is 0 Å². The predicted octanol–water partition coefficient (Wildman–Crippen LogP) is 3.35. The highest BCUT2D eigenvalue weighted by molar-refractivity contribution is 5.78. The first-order chi connectivity index (χ1) is 9.52. The van der Waals surface area contributed by atoms with Crippen molar-refractivity contribution >= 4 is 11.7 Å². The summed E-state index contributed by atoms with van der Waals surface area (Å²) in [5.74, 6) is -1.80. The van der Waals surface area contributed by atoms with E-state index in [-0.39, 0.29) is 17.0 Å². The Balaban J connectivity index is 3.29. The lowest BCUT2D eigenvalue weighted by molar-refractivity contribution is -0.386. The van der Waals surface area contributed by atoms with Gasteiger partial charge in [0, 0.05) is 5.56 Å². The molecule has 0 aliphatic carbocycles. The second-order valence-electron chi connectivity index (χ2n) is 4.48. The van der Waals surface area contributed by atoms with Crippen LogP contribution in [0.1, 0.15) is 44.6 Å². The van der Waals surface area contributed by atoms with Crippen molar-refractivity contribution < 1.29 is 19.6 Å². The van der Waals surface area contributed by atoms with E-state index in [0.717, 1.165) is 6.42 Å². The largest absolute Gasteiger partial charge is 0.487 e. The highest BCUT2D eigenvalue weighted by Gasteiger charge is 2.30. The third-order valence-electron chi connectivity index (χ3n) is 2.93. The maximum Gasteiger partial charge on any atom is 0.314 e. The Bertz CT molecular complexity index is 486. The smallest absolute Gasteiger partial charge is 0.314 e. The number of rotatable bonds is 8. The molecule has 0 aliphatic rings. The van der Waals surface area contributed by atoms with Gasteiger partial charge in [-0.2, -0.15) is 0 Å². The van der Waals surface area contributed by atoms with Crippen molar-refractivity contribution in [2.45, 2.75) is 39.0 Å². The zero-order chi connectivity index (χ0) is 15.1. The molecule has 0 heterocycles. The Morgan fingerprint density at radius 1 is 1.40 bits per heavy atom. The van der Waals surface area contributed by atoms with E-state index in [1.54, 1.807) is 6.07 Å². The van der Waals surface area contributed by atoms with Gasteiger partial charge in [-0.25, -0.2) is 0 Å². The number of hydrogen-bond acceptors (Lipinski definition) is 4. The van der Waals surface area contributed by atoms with E-state index < -0.39 is 16.8 Å². The molecule has 0 saturated carbocycles. The number of aliphatic carboxylic acids is 1. The van der Waals surface area contributed by atoms with Gasteiger partial charge >= 0.3 is 11.7 Å². The molecule has 1 aromatic carbocycles. The van der Waals surface area contributed by atoms with E-state index in [1.165, 1.54) is 12.1 Å². The van der Waals surface area contributed by atoms with Crippen molar-refractivity contribution in [1.29, 1.82) is 0 Å². The second kappa shape index (κ2) is 7.47. The van der Waals surface area contributed by atoms with Crippen molar-refractivity contribution in [3.05, 3.63) is 33.9 Å². The SMILES string of the molecule is CCCOc1cccc(C(CCC)C(=O)O)c1[N+](=O)[O-]. The number of benzene rings is 1. The predicted molar refractivity (Wildman–Crippen MR) is 74.2 cm³/mol. The van der Waals surface area contributed by atoms with Crippen molar-refractivity contribution in [1.82, 2.24) is 0 Å². The fourth-order valence-corrected chi connectivity index (χ4v) is 2.05. The van der Waals surface area contributed by atoms with E-state index in [4.69, 9.17) is 4.74 Å². The molecule has 0 aliphatic heterocycles. The molecule has 0 amide bonds. The molecule has 0 aromatic heterocycles. The minimum atomic E-state index is -1.05. The monoisotopic (exact) mass is 281 g/mol. The molecule has 20 heavy (non-hydrogen) atoms. The van der Waals surface area contributed by atoms with Crippen LogP contribution in [-0.4, -0.2) is 22.6 Å². The van der Waals surface area contributed by atoms with Crippen LogP contribution in [0.4, 0.5) is 5.69 Å². The maximum absolute atomic E-state index is 11.3. The second-order valence-corrected chi connectivity index (χ2v) is 4.48. The van der Waals surface area contributed by atoms with Crippen molar-refractivity contribution in [3.8, 4) is 5.75 Å². The zero-order valence-corrected chi connectivity index (χ0v) is 11.7. The summed E-state index contributed by atoms with van der Waals surface area (Å²) in [5.41, 5.74) is -0.0280. The van der Waals surface area contributed by atoms with E-state index in [1.807, 2.05) is 13.8 Å². The fourth-order valence-electron chi connectivity index (χ4n) is 2.05. The number of nitrogens with zero attached hydrogens (tertiary/aromatic N) is 1. The Labute approximate surface area is 117 Å². The van der Waals surface area contributed by atoms with Crippen LogP contribution < -0.4 is 4.74 Å². The van der Waals surface area contributed by atoms with Gasteiger partial charge in [0.05, 0.1) is 17.4 Å². The number of nitro groups is 1. The Kier molecular flexibility index (Phi) is 5.96. The van der Waals surface area contributed by atoms with E-state index in [9.17, 15) is 20.0 Å². The van der Waals surface area contributed by atoms with Gasteiger partial charge in [-0.3, -0.25) is 14.9 Å². The number of carboxylic acid groups (broad SMARTS) is 1.